The third-order valence-electron chi connectivity index (χ3n) is 2.92. The second kappa shape index (κ2) is 7.04. The van der Waals surface area contributed by atoms with E-state index in [4.69, 9.17) is 9.47 Å². The Morgan fingerprint density at radius 3 is 2.61 bits per heavy atom. The zero-order valence-corrected chi connectivity index (χ0v) is 14.8. The Kier molecular flexibility index (Phi) is 5.30. The van der Waals surface area contributed by atoms with Crippen LogP contribution in [-0.4, -0.2) is 39.2 Å². The number of carbonyl (C=O) groups is 1. The summed E-state index contributed by atoms with van der Waals surface area (Å²) in [7, 11) is 3.48. The number of rotatable bonds is 5. The van der Waals surface area contributed by atoms with Crippen LogP contribution in [-0.2, 0) is 16.6 Å². The predicted molar refractivity (Wildman–Crippen MR) is 89.6 cm³/mol. The molecule has 0 radical (unpaired) electrons. The molecule has 0 aliphatic heterocycles. The molecule has 1 aromatic heterocycles. The number of methoxy groups -OCH3 is 1. The van der Waals surface area contributed by atoms with E-state index >= 15 is 0 Å². The van der Waals surface area contributed by atoms with E-state index in [2.05, 4.69) is 10.2 Å². The van der Waals surface area contributed by atoms with Crippen molar-refractivity contribution in [1.29, 1.82) is 0 Å². The lowest BCUT2D eigenvalue weighted by Gasteiger charge is -2.19. The van der Waals surface area contributed by atoms with Gasteiger partial charge < -0.3 is 14.0 Å². The minimum atomic E-state index is -0.486. The maximum Gasteiger partial charge on any atom is 0.316 e. The number of benzene rings is 1. The smallest absolute Gasteiger partial charge is 0.316 e. The van der Waals surface area contributed by atoms with Crippen molar-refractivity contribution in [3.05, 3.63) is 24.3 Å². The van der Waals surface area contributed by atoms with Crippen LogP contribution in [0.5, 0.6) is 5.75 Å². The molecule has 0 aliphatic carbocycles. The van der Waals surface area contributed by atoms with E-state index in [0.717, 1.165) is 11.3 Å². The van der Waals surface area contributed by atoms with Gasteiger partial charge in [-0.15, -0.1) is 10.2 Å². The number of aromatic nitrogens is 3. The van der Waals surface area contributed by atoms with Gasteiger partial charge in [0.2, 0.25) is 0 Å². The van der Waals surface area contributed by atoms with Gasteiger partial charge in [0.25, 0.3) is 0 Å². The molecule has 2 aromatic rings. The summed E-state index contributed by atoms with van der Waals surface area (Å²) in [5.74, 6) is 1.33. The zero-order valence-electron chi connectivity index (χ0n) is 14.0. The van der Waals surface area contributed by atoms with Gasteiger partial charge in [0.1, 0.15) is 11.4 Å². The quantitative estimate of drug-likeness (QED) is 0.618. The van der Waals surface area contributed by atoms with Crippen molar-refractivity contribution >= 4 is 17.7 Å². The van der Waals surface area contributed by atoms with Gasteiger partial charge in [0.05, 0.1) is 18.4 Å². The van der Waals surface area contributed by atoms with Crippen molar-refractivity contribution < 1.29 is 14.3 Å². The highest BCUT2D eigenvalue weighted by Crippen LogP contribution is 2.30. The number of hydrogen-bond acceptors (Lipinski definition) is 6. The second-order valence-corrected chi connectivity index (χ2v) is 6.88. The average molecular weight is 335 g/mol. The van der Waals surface area contributed by atoms with Crippen LogP contribution < -0.4 is 4.74 Å². The Balaban J connectivity index is 2.12. The fraction of sp³-hybridized carbons (Fsp3) is 0.438. The summed E-state index contributed by atoms with van der Waals surface area (Å²) in [6, 6.07) is 7.61. The van der Waals surface area contributed by atoms with Gasteiger partial charge in [-0.2, -0.15) is 0 Å². The molecule has 2 rings (SSSR count). The van der Waals surface area contributed by atoms with Crippen molar-refractivity contribution in [1.82, 2.24) is 14.8 Å². The van der Waals surface area contributed by atoms with E-state index in [1.807, 2.05) is 56.7 Å². The van der Waals surface area contributed by atoms with Gasteiger partial charge in [0.15, 0.2) is 11.0 Å². The highest BCUT2D eigenvalue weighted by molar-refractivity contribution is 7.99. The first kappa shape index (κ1) is 17.3. The molecule has 0 saturated heterocycles. The lowest BCUT2D eigenvalue weighted by atomic mass is 10.2. The molecule has 6 nitrogen and oxygen atoms in total. The molecule has 0 atom stereocenters. The Morgan fingerprint density at radius 2 is 1.96 bits per heavy atom. The fourth-order valence-corrected chi connectivity index (χ4v) is 2.68. The van der Waals surface area contributed by atoms with Crippen molar-refractivity contribution in [2.45, 2.75) is 31.5 Å². The first-order chi connectivity index (χ1) is 10.8. The molecule has 0 fully saturated rings. The molecule has 0 amide bonds. The summed E-state index contributed by atoms with van der Waals surface area (Å²) >= 11 is 1.30. The Morgan fingerprint density at radius 1 is 1.26 bits per heavy atom. The number of carbonyl (C=O) groups excluding carboxylic acids is 1. The molecule has 0 N–H and O–H groups in total. The Bertz CT molecular complexity index is 692. The Labute approximate surface area is 140 Å². The highest BCUT2D eigenvalue weighted by atomic mass is 32.2. The van der Waals surface area contributed by atoms with E-state index in [-0.39, 0.29) is 11.7 Å². The number of nitrogens with zero attached hydrogens (tertiary/aromatic N) is 3. The summed E-state index contributed by atoms with van der Waals surface area (Å²) in [5, 5.41) is 9.01. The van der Waals surface area contributed by atoms with E-state index in [9.17, 15) is 4.79 Å². The minimum Gasteiger partial charge on any atom is -0.496 e. The summed E-state index contributed by atoms with van der Waals surface area (Å²) < 4.78 is 12.5. The van der Waals surface area contributed by atoms with E-state index in [0.29, 0.717) is 11.0 Å². The third-order valence-corrected chi connectivity index (χ3v) is 3.92. The van der Waals surface area contributed by atoms with E-state index in [1.165, 1.54) is 11.8 Å². The van der Waals surface area contributed by atoms with Crippen LogP contribution in [0.3, 0.4) is 0 Å². The number of ether oxygens (including phenoxy) is 2. The normalized spacial score (nSPS) is 11.3. The summed E-state index contributed by atoms with van der Waals surface area (Å²) in [4.78, 5) is 11.8. The molecule has 0 bridgehead atoms. The van der Waals surface area contributed by atoms with Crippen molar-refractivity contribution in [3.8, 4) is 17.1 Å². The minimum absolute atomic E-state index is 0.190. The maximum atomic E-state index is 11.8. The van der Waals surface area contributed by atoms with E-state index in [1.54, 1.807) is 7.11 Å². The topological polar surface area (TPSA) is 66.2 Å². The van der Waals surface area contributed by atoms with Gasteiger partial charge in [0, 0.05) is 7.05 Å². The van der Waals surface area contributed by atoms with Gasteiger partial charge in [-0.1, -0.05) is 23.9 Å². The zero-order chi connectivity index (χ0) is 17.0. The van der Waals surface area contributed by atoms with Crippen LogP contribution >= 0.6 is 11.8 Å². The van der Waals surface area contributed by atoms with Crippen LogP contribution in [0, 0.1) is 0 Å². The monoisotopic (exact) mass is 335 g/mol. The summed E-state index contributed by atoms with van der Waals surface area (Å²) in [5.41, 5.74) is 0.370. The summed E-state index contributed by atoms with van der Waals surface area (Å²) in [6.07, 6.45) is 0. The second-order valence-electron chi connectivity index (χ2n) is 5.94. The van der Waals surface area contributed by atoms with Crippen molar-refractivity contribution in [2.75, 3.05) is 12.9 Å². The van der Waals surface area contributed by atoms with Gasteiger partial charge in [-0.05, 0) is 32.9 Å². The van der Waals surface area contributed by atoms with Gasteiger partial charge in [-0.25, -0.2) is 0 Å². The Hall–Kier alpha value is -2.02. The lowest BCUT2D eigenvalue weighted by Crippen LogP contribution is -2.25. The molecule has 1 heterocycles. The molecule has 0 aliphatic rings. The third kappa shape index (κ3) is 4.48. The van der Waals surface area contributed by atoms with E-state index < -0.39 is 5.60 Å². The number of para-hydroxylation sites is 1. The lowest BCUT2D eigenvalue weighted by molar-refractivity contribution is -0.151. The molecule has 0 spiro atoms. The van der Waals surface area contributed by atoms with Crippen LogP contribution in [0.2, 0.25) is 0 Å². The van der Waals surface area contributed by atoms with Gasteiger partial charge in [-0.3, -0.25) is 4.79 Å². The first-order valence-corrected chi connectivity index (χ1v) is 8.18. The molecular formula is C16H21N3O3S. The van der Waals surface area contributed by atoms with Crippen LogP contribution in [0.4, 0.5) is 0 Å². The van der Waals surface area contributed by atoms with Crippen LogP contribution in [0.15, 0.2) is 29.4 Å². The largest absolute Gasteiger partial charge is 0.496 e. The SMILES string of the molecule is COc1ccccc1-c1nnc(SCC(=O)OC(C)(C)C)n1C. The number of hydrogen-bond donors (Lipinski definition) is 0. The maximum absolute atomic E-state index is 11.8. The van der Waals surface area contributed by atoms with Crippen LogP contribution in [0.25, 0.3) is 11.4 Å². The molecule has 0 saturated carbocycles. The van der Waals surface area contributed by atoms with Crippen molar-refractivity contribution in [2.24, 2.45) is 7.05 Å². The molecule has 7 heteroatoms. The first-order valence-electron chi connectivity index (χ1n) is 7.19. The molecule has 124 valence electrons. The average Bonchev–Trinajstić information content (AvgIpc) is 2.84. The molecular weight excluding hydrogens is 314 g/mol. The number of esters is 1. The van der Waals surface area contributed by atoms with Crippen molar-refractivity contribution in [3.63, 3.8) is 0 Å². The van der Waals surface area contributed by atoms with Crippen LogP contribution in [0.1, 0.15) is 20.8 Å². The predicted octanol–water partition coefficient (Wildman–Crippen LogP) is 2.92. The number of thioether (sulfide) groups is 1. The summed E-state index contributed by atoms with van der Waals surface area (Å²) in [6.45, 7) is 5.53. The fourth-order valence-electron chi connectivity index (χ4n) is 2.00. The van der Waals surface area contributed by atoms with Gasteiger partial charge >= 0.3 is 5.97 Å². The molecule has 23 heavy (non-hydrogen) atoms. The molecule has 1 aromatic carbocycles. The highest BCUT2D eigenvalue weighted by Gasteiger charge is 2.19. The molecule has 0 unspecified atom stereocenters. The standard InChI is InChI=1S/C16H21N3O3S/c1-16(2,3)22-13(20)10-23-15-18-17-14(19(15)4)11-8-6-7-9-12(11)21-5/h6-9H,10H2,1-5H3.